The van der Waals surface area contributed by atoms with Crippen LogP contribution in [0.25, 0.3) is 0 Å². The van der Waals surface area contributed by atoms with Crippen LogP contribution in [0.1, 0.15) is 31.7 Å². The van der Waals surface area contributed by atoms with Crippen LogP contribution >= 0.6 is 0 Å². The fourth-order valence-corrected chi connectivity index (χ4v) is 1.99. The molecule has 2 rings (SSSR count). The van der Waals surface area contributed by atoms with E-state index in [1.54, 1.807) is 17.8 Å². The van der Waals surface area contributed by atoms with Gasteiger partial charge in [-0.2, -0.15) is 0 Å². The van der Waals surface area contributed by atoms with E-state index in [-0.39, 0.29) is 6.54 Å². The predicted molar refractivity (Wildman–Crippen MR) is 75.5 cm³/mol. The zero-order valence-electron chi connectivity index (χ0n) is 12.2. The third-order valence-corrected chi connectivity index (χ3v) is 3.76. The number of nitrogens with zero attached hydrogens (tertiary/aromatic N) is 5. The van der Waals surface area contributed by atoms with Crippen molar-refractivity contribution in [3.63, 3.8) is 0 Å². The molecule has 1 unspecified atom stereocenters. The number of tetrazole rings is 1. The average molecular weight is 289 g/mol. The Bertz CT molecular complexity index is 598. The third kappa shape index (κ3) is 3.62. The summed E-state index contributed by atoms with van der Waals surface area (Å²) >= 11 is 0. The monoisotopic (exact) mass is 289 g/mol. The van der Waals surface area contributed by atoms with Crippen molar-refractivity contribution >= 4 is 5.97 Å². The molecule has 0 aliphatic carbocycles. The summed E-state index contributed by atoms with van der Waals surface area (Å²) in [5, 5.41) is 20.9. The van der Waals surface area contributed by atoms with Crippen molar-refractivity contribution in [2.75, 3.05) is 0 Å². The van der Waals surface area contributed by atoms with Crippen molar-refractivity contribution in [1.29, 1.82) is 0 Å². The molecule has 0 saturated carbocycles. The second kappa shape index (κ2) is 6.43. The molecule has 0 aliphatic heterocycles. The molecule has 7 heteroatoms. The second-order valence-electron chi connectivity index (χ2n) is 5.33. The summed E-state index contributed by atoms with van der Waals surface area (Å²) in [6, 6.07) is 3.88. The standard InChI is InChI=1S/C14H19N5O2/c1-3-14(2,13(20)21)10-19-12(16-17-18-19)7-6-11-5-4-8-15-9-11/h4-5,8-9H,3,6-7,10H2,1-2H3,(H,20,21). The van der Waals surface area contributed by atoms with Crippen molar-refractivity contribution in [2.45, 2.75) is 39.7 Å². The maximum absolute atomic E-state index is 11.4. The van der Waals surface area contributed by atoms with Gasteiger partial charge in [-0.3, -0.25) is 9.78 Å². The Morgan fingerprint density at radius 2 is 2.24 bits per heavy atom. The Hall–Kier alpha value is -2.31. The van der Waals surface area contributed by atoms with Crippen LogP contribution < -0.4 is 0 Å². The van der Waals surface area contributed by atoms with Crippen LogP contribution in [0.5, 0.6) is 0 Å². The first-order chi connectivity index (χ1) is 10.0. The van der Waals surface area contributed by atoms with E-state index in [1.807, 2.05) is 25.3 Å². The largest absolute Gasteiger partial charge is 0.481 e. The molecule has 0 aromatic carbocycles. The van der Waals surface area contributed by atoms with Crippen molar-refractivity contribution in [2.24, 2.45) is 5.41 Å². The molecular formula is C14H19N5O2. The summed E-state index contributed by atoms with van der Waals surface area (Å²) in [6.07, 6.45) is 5.47. The average Bonchev–Trinajstić information content (AvgIpc) is 2.93. The van der Waals surface area contributed by atoms with E-state index in [0.29, 0.717) is 18.7 Å². The van der Waals surface area contributed by atoms with Gasteiger partial charge in [0.15, 0.2) is 5.82 Å². The van der Waals surface area contributed by atoms with E-state index in [0.717, 1.165) is 12.0 Å². The number of aliphatic carboxylic acids is 1. The molecule has 0 amide bonds. The van der Waals surface area contributed by atoms with E-state index in [1.165, 1.54) is 0 Å². The van der Waals surface area contributed by atoms with Gasteiger partial charge in [-0.15, -0.1) is 5.10 Å². The molecule has 112 valence electrons. The molecule has 0 bridgehead atoms. The third-order valence-electron chi connectivity index (χ3n) is 3.76. The van der Waals surface area contributed by atoms with Gasteiger partial charge in [0.1, 0.15) is 0 Å². The molecule has 2 aromatic heterocycles. The SMILES string of the molecule is CCC(C)(Cn1nnnc1CCc1cccnc1)C(=O)O. The highest BCUT2D eigenvalue weighted by molar-refractivity contribution is 5.73. The number of carbonyl (C=O) groups is 1. The summed E-state index contributed by atoms with van der Waals surface area (Å²) in [4.78, 5) is 15.4. The number of pyridine rings is 1. The lowest BCUT2D eigenvalue weighted by Gasteiger charge is -2.22. The molecule has 7 nitrogen and oxygen atoms in total. The van der Waals surface area contributed by atoms with Gasteiger partial charge in [0.2, 0.25) is 0 Å². The number of hydrogen-bond donors (Lipinski definition) is 1. The van der Waals surface area contributed by atoms with Crippen LogP contribution in [-0.2, 0) is 24.2 Å². The first-order valence-corrected chi connectivity index (χ1v) is 6.92. The normalized spacial score (nSPS) is 13.8. The zero-order valence-corrected chi connectivity index (χ0v) is 12.2. The van der Waals surface area contributed by atoms with Crippen LogP contribution in [0.2, 0.25) is 0 Å². The molecule has 0 fully saturated rings. The summed E-state index contributed by atoms with van der Waals surface area (Å²) in [6.45, 7) is 3.84. The Balaban J connectivity index is 2.07. The Morgan fingerprint density at radius 3 is 2.86 bits per heavy atom. The molecular weight excluding hydrogens is 270 g/mol. The van der Waals surface area contributed by atoms with Gasteiger partial charge >= 0.3 is 5.97 Å². The van der Waals surface area contributed by atoms with Crippen LogP contribution in [0.4, 0.5) is 0 Å². The highest BCUT2D eigenvalue weighted by atomic mass is 16.4. The number of hydrogen-bond acceptors (Lipinski definition) is 5. The molecule has 21 heavy (non-hydrogen) atoms. The Labute approximate surface area is 123 Å². The number of aryl methyl sites for hydroxylation is 2. The molecule has 1 N–H and O–H groups in total. The molecule has 2 heterocycles. The van der Waals surface area contributed by atoms with Crippen LogP contribution in [0.15, 0.2) is 24.5 Å². The lowest BCUT2D eigenvalue weighted by atomic mass is 9.88. The van der Waals surface area contributed by atoms with Gasteiger partial charge in [0.05, 0.1) is 12.0 Å². The van der Waals surface area contributed by atoms with E-state index in [2.05, 4.69) is 20.5 Å². The lowest BCUT2D eigenvalue weighted by Crippen LogP contribution is -2.33. The highest BCUT2D eigenvalue weighted by Crippen LogP contribution is 2.24. The molecule has 0 spiro atoms. The summed E-state index contributed by atoms with van der Waals surface area (Å²) in [5.41, 5.74) is 0.238. The highest BCUT2D eigenvalue weighted by Gasteiger charge is 2.32. The summed E-state index contributed by atoms with van der Waals surface area (Å²) < 4.78 is 1.59. The summed E-state index contributed by atoms with van der Waals surface area (Å²) in [7, 11) is 0. The number of carboxylic acid groups (broad SMARTS) is 1. The minimum Gasteiger partial charge on any atom is -0.481 e. The second-order valence-corrected chi connectivity index (χ2v) is 5.33. The topological polar surface area (TPSA) is 93.8 Å². The van der Waals surface area contributed by atoms with Gasteiger partial charge in [-0.25, -0.2) is 4.68 Å². The van der Waals surface area contributed by atoms with Gasteiger partial charge in [0, 0.05) is 18.8 Å². The Morgan fingerprint density at radius 1 is 1.43 bits per heavy atom. The summed E-state index contributed by atoms with van der Waals surface area (Å²) in [5.74, 6) is -0.140. The maximum Gasteiger partial charge on any atom is 0.311 e. The van der Waals surface area contributed by atoms with Crippen molar-refractivity contribution in [3.05, 3.63) is 35.9 Å². The van der Waals surface area contributed by atoms with Gasteiger partial charge in [-0.05, 0) is 41.8 Å². The van der Waals surface area contributed by atoms with Crippen LogP contribution in [-0.4, -0.2) is 36.3 Å². The number of carboxylic acids is 1. The smallest absolute Gasteiger partial charge is 0.311 e. The van der Waals surface area contributed by atoms with E-state index < -0.39 is 11.4 Å². The lowest BCUT2D eigenvalue weighted by molar-refractivity contribution is -0.149. The molecule has 0 radical (unpaired) electrons. The zero-order chi connectivity index (χ0) is 15.3. The van der Waals surface area contributed by atoms with Crippen molar-refractivity contribution < 1.29 is 9.90 Å². The fourth-order valence-electron chi connectivity index (χ4n) is 1.99. The van der Waals surface area contributed by atoms with Crippen molar-refractivity contribution in [1.82, 2.24) is 25.2 Å². The number of aromatic nitrogens is 5. The molecule has 0 aliphatic rings. The minimum atomic E-state index is -0.863. The molecule has 0 saturated heterocycles. The van der Waals surface area contributed by atoms with Crippen LogP contribution in [0, 0.1) is 5.41 Å². The van der Waals surface area contributed by atoms with Gasteiger partial charge < -0.3 is 5.11 Å². The van der Waals surface area contributed by atoms with Crippen LogP contribution in [0.3, 0.4) is 0 Å². The fraction of sp³-hybridized carbons (Fsp3) is 0.500. The quantitative estimate of drug-likeness (QED) is 0.827. The van der Waals surface area contributed by atoms with E-state index in [4.69, 9.17) is 0 Å². The number of rotatable bonds is 7. The van der Waals surface area contributed by atoms with Gasteiger partial charge in [0.25, 0.3) is 0 Å². The predicted octanol–water partition coefficient (Wildman–Crippen LogP) is 1.35. The minimum absolute atomic E-state index is 0.272. The van der Waals surface area contributed by atoms with Crippen molar-refractivity contribution in [3.8, 4) is 0 Å². The first kappa shape index (κ1) is 15.1. The van der Waals surface area contributed by atoms with E-state index >= 15 is 0 Å². The first-order valence-electron chi connectivity index (χ1n) is 6.92. The van der Waals surface area contributed by atoms with E-state index in [9.17, 15) is 9.90 Å². The van der Waals surface area contributed by atoms with Gasteiger partial charge in [-0.1, -0.05) is 13.0 Å². The Kier molecular flexibility index (Phi) is 4.62. The molecule has 1 atom stereocenters. The molecule has 2 aromatic rings. The maximum atomic E-state index is 11.4.